The minimum Gasteiger partial charge on any atom is -0.495 e. The molecule has 1 aromatic heterocycles. The lowest BCUT2D eigenvalue weighted by Gasteiger charge is -2.21. The van der Waals surface area contributed by atoms with Crippen LogP contribution in [-0.4, -0.2) is 12.1 Å². The van der Waals surface area contributed by atoms with Crippen LogP contribution < -0.4 is 10.5 Å². The van der Waals surface area contributed by atoms with E-state index >= 15 is 0 Å². The maximum Gasteiger partial charge on any atom is 0.137 e. The second-order valence-electron chi connectivity index (χ2n) is 3.76. The Kier molecular flexibility index (Phi) is 4.56. The molecule has 1 unspecified atom stereocenters. The lowest BCUT2D eigenvalue weighted by molar-refractivity contribution is 0.394. The van der Waals surface area contributed by atoms with Crippen molar-refractivity contribution in [3.63, 3.8) is 0 Å². The van der Waals surface area contributed by atoms with Crippen LogP contribution in [0.2, 0.25) is 0 Å². The molecule has 1 heterocycles. The van der Waals surface area contributed by atoms with E-state index in [1.54, 1.807) is 13.3 Å². The smallest absolute Gasteiger partial charge is 0.137 e. The van der Waals surface area contributed by atoms with Gasteiger partial charge in [0.25, 0.3) is 0 Å². The third-order valence-electron chi connectivity index (χ3n) is 2.91. The number of nitrogens with two attached hydrogens (primary N) is 1. The van der Waals surface area contributed by atoms with Gasteiger partial charge in [-0.25, -0.2) is 0 Å². The van der Waals surface area contributed by atoms with E-state index in [0.717, 1.165) is 24.2 Å². The molecule has 0 bridgehead atoms. The summed E-state index contributed by atoms with van der Waals surface area (Å²) in [5.41, 5.74) is 7.25. The molecule has 3 nitrogen and oxygen atoms in total. The van der Waals surface area contributed by atoms with Gasteiger partial charge in [-0.15, -0.1) is 0 Å². The fraction of sp³-hybridized carbons (Fsp3) is 0.583. The molecule has 0 aliphatic heterocycles. The Morgan fingerprint density at radius 3 is 2.53 bits per heavy atom. The van der Waals surface area contributed by atoms with Gasteiger partial charge in [-0.1, -0.05) is 26.7 Å². The average molecular weight is 208 g/mol. The van der Waals surface area contributed by atoms with Gasteiger partial charge < -0.3 is 10.5 Å². The SMILES string of the molecule is CCC(CC)C(N)c1cncc(OC)c1. The third kappa shape index (κ3) is 2.93. The number of hydrogen-bond donors (Lipinski definition) is 1. The van der Waals surface area contributed by atoms with Crippen LogP contribution in [0, 0.1) is 5.92 Å². The second-order valence-corrected chi connectivity index (χ2v) is 3.76. The van der Waals surface area contributed by atoms with Crippen molar-refractivity contribution in [2.24, 2.45) is 11.7 Å². The van der Waals surface area contributed by atoms with Crippen molar-refractivity contribution in [2.75, 3.05) is 7.11 Å². The molecule has 3 heteroatoms. The molecule has 0 fully saturated rings. The van der Waals surface area contributed by atoms with Gasteiger partial charge >= 0.3 is 0 Å². The van der Waals surface area contributed by atoms with Crippen LogP contribution in [0.15, 0.2) is 18.5 Å². The van der Waals surface area contributed by atoms with Gasteiger partial charge in [-0.2, -0.15) is 0 Å². The summed E-state index contributed by atoms with van der Waals surface area (Å²) in [6.07, 6.45) is 5.71. The van der Waals surface area contributed by atoms with Crippen molar-refractivity contribution in [1.82, 2.24) is 4.98 Å². The summed E-state index contributed by atoms with van der Waals surface area (Å²) in [4.78, 5) is 4.12. The molecular formula is C12H20N2O. The van der Waals surface area contributed by atoms with E-state index in [2.05, 4.69) is 18.8 Å². The fourth-order valence-electron chi connectivity index (χ4n) is 1.80. The van der Waals surface area contributed by atoms with Gasteiger partial charge in [-0.3, -0.25) is 4.98 Å². The molecule has 0 radical (unpaired) electrons. The second kappa shape index (κ2) is 5.71. The molecular weight excluding hydrogens is 188 g/mol. The van der Waals surface area contributed by atoms with Gasteiger partial charge in [-0.05, 0) is 17.5 Å². The Morgan fingerprint density at radius 1 is 1.33 bits per heavy atom. The molecule has 0 saturated heterocycles. The number of pyridine rings is 1. The first-order chi connectivity index (χ1) is 7.22. The quantitative estimate of drug-likeness (QED) is 0.808. The number of ether oxygens (including phenoxy) is 1. The normalized spacial score (nSPS) is 12.9. The molecule has 0 saturated carbocycles. The van der Waals surface area contributed by atoms with E-state index < -0.39 is 0 Å². The van der Waals surface area contributed by atoms with Crippen LogP contribution in [0.3, 0.4) is 0 Å². The van der Waals surface area contributed by atoms with Crippen LogP contribution in [-0.2, 0) is 0 Å². The summed E-state index contributed by atoms with van der Waals surface area (Å²) in [7, 11) is 1.64. The maximum absolute atomic E-state index is 6.19. The number of methoxy groups -OCH3 is 1. The maximum atomic E-state index is 6.19. The first kappa shape index (κ1) is 12.0. The molecule has 1 atom stereocenters. The zero-order chi connectivity index (χ0) is 11.3. The molecule has 1 aromatic rings. The van der Waals surface area contributed by atoms with Crippen LogP contribution in [0.4, 0.5) is 0 Å². The Balaban J connectivity index is 2.84. The fourth-order valence-corrected chi connectivity index (χ4v) is 1.80. The molecule has 0 spiro atoms. The van der Waals surface area contributed by atoms with Crippen molar-refractivity contribution >= 4 is 0 Å². The van der Waals surface area contributed by atoms with Crippen molar-refractivity contribution in [2.45, 2.75) is 32.7 Å². The first-order valence-corrected chi connectivity index (χ1v) is 5.47. The lowest BCUT2D eigenvalue weighted by Crippen LogP contribution is -2.20. The van der Waals surface area contributed by atoms with Gasteiger partial charge in [0.15, 0.2) is 0 Å². The zero-order valence-electron chi connectivity index (χ0n) is 9.73. The van der Waals surface area contributed by atoms with Crippen LogP contribution in [0.1, 0.15) is 38.3 Å². The predicted molar refractivity (Wildman–Crippen MR) is 61.8 cm³/mol. The first-order valence-electron chi connectivity index (χ1n) is 5.47. The van der Waals surface area contributed by atoms with Gasteiger partial charge in [0.1, 0.15) is 5.75 Å². The van der Waals surface area contributed by atoms with Crippen molar-refractivity contribution in [3.05, 3.63) is 24.0 Å². The minimum absolute atomic E-state index is 0.0580. The highest BCUT2D eigenvalue weighted by molar-refractivity contribution is 5.26. The lowest BCUT2D eigenvalue weighted by atomic mass is 9.90. The van der Waals surface area contributed by atoms with Gasteiger partial charge in [0.2, 0.25) is 0 Å². The molecule has 84 valence electrons. The van der Waals surface area contributed by atoms with Gasteiger partial charge in [0.05, 0.1) is 13.3 Å². The summed E-state index contributed by atoms with van der Waals surface area (Å²) < 4.78 is 5.13. The van der Waals surface area contributed by atoms with Crippen LogP contribution in [0.5, 0.6) is 5.75 Å². The highest BCUT2D eigenvalue weighted by atomic mass is 16.5. The van der Waals surface area contributed by atoms with Crippen molar-refractivity contribution in [1.29, 1.82) is 0 Å². The van der Waals surface area contributed by atoms with Gasteiger partial charge in [0, 0.05) is 12.2 Å². The molecule has 0 aromatic carbocycles. The zero-order valence-corrected chi connectivity index (χ0v) is 9.73. The Hall–Kier alpha value is -1.09. The largest absolute Gasteiger partial charge is 0.495 e. The van der Waals surface area contributed by atoms with E-state index in [-0.39, 0.29) is 6.04 Å². The third-order valence-corrected chi connectivity index (χ3v) is 2.91. The van der Waals surface area contributed by atoms with E-state index in [0.29, 0.717) is 5.92 Å². The predicted octanol–water partition coefficient (Wildman–Crippen LogP) is 2.53. The Labute approximate surface area is 91.7 Å². The summed E-state index contributed by atoms with van der Waals surface area (Å²) in [5.74, 6) is 1.29. The summed E-state index contributed by atoms with van der Waals surface area (Å²) in [6, 6.07) is 2.03. The summed E-state index contributed by atoms with van der Waals surface area (Å²) in [5, 5.41) is 0. The molecule has 0 aliphatic rings. The molecule has 0 amide bonds. The standard InChI is InChI=1S/C12H20N2O/c1-4-9(5-2)12(13)10-6-11(15-3)8-14-7-10/h6-9,12H,4-5,13H2,1-3H3. The monoisotopic (exact) mass is 208 g/mol. The number of hydrogen-bond acceptors (Lipinski definition) is 3. The number of nitrogens with zero attached hydrogens (tertiary/aromatic N) is 1. The van der Waals surface area contributed by atoms with E-state index in [1.165, 1.54) is 0 Å². The Morgan fingerprint density at radius 2 is 2.00 bits per heavy atom. The van der Waals surface area contributed by atoms with E-state index in [4.69, 9.17) is 10.5 Å². The van der Waals surface area contributed by atoms with Crippen molar-refractivity contribution in [3.8, 4) is 5.75 Å². The van der Waals surface area contributed by atoms with Crippen LogP contribution in [0.25, 0.3) is 0 Å². The number of rotatable bonds is 5. The molecule has 1 rings (SSSR count). The average Bonchev–Trinajstić information content (AvgIpc) is 2.30. The molecule has 0 aliphatic carbocycles. The molecule has 2 N–H and O–H groups in total. The number of aromatic nitrogens is 1. The highest BCUT2D eigenvalue weighted by Gasteiger charge is 2.16. The highest BCUT2D eigenvalue weighted by Crippen LogP contribution is 2.26. The van der Waals surface area contributed by atoms with Crippen molar-refractivity contribution < 1.29 is 4.74 Å². The van der Waals surface area contributed by atoms with E-state index in [1.807, 2.05) is 12.3 Å². The van der Waals surface area contributed by atoms with E-state index in [9.17, 15) is 0 Å². The molecule has 15 heavy (non-hydrogen) atoms. The summed E-state index contributed by atoms with van der Waals surface area (Å²) >= 11 is 0. The minimum atomic E-state index is 0.0580. The Bertz CT molecular complexity index is 297. The topological polar surface area (TPSA) is 48.1 Å². The van der Waals surface area contributed by atoms with Crippen LogP contribution >= 0.6 is 0 Å². The summed E-state index contributed by atoms with van der Waals surface area (Å²) in [6.45, 7) is 4.34.